The number of nitrogens with zero attached hydrogens (tertiary/aromatic N) is 2. The van der Waals surface area contributed by atoms with Crippen LogP contribution in [0.1, 0.15) is 140 Å². The fourth-order valence-electron chi connectivity index (χ4n) is 11.5. The lowest BCUT2D eigenvalue weighted by atomic mass is 9.76. The van der Waals surface area contributed by atoms with Crippen LogP contribution in [0.2, 0.25) is 0 Å². The Morgan fingerprint density at radius 1 is 0.678 bits per heavy atom. The van der Waals surface area contributed by atoms with Gasteiger partial charge in [-0.05, 0) is 164 Å². The van der Waals surface area contributed by atoms with Crippen LogP contribution in [0.5, 0.6) is 0 Å². The smallest absolute Gasteiger partial charge is 0.0445 e. The molecule has 0 saturated heterocycles. The number of aryl methyl sites for hydroxylation is 1. The van der Waals surface area contributed by atoms with E-state index in [9.17, 15) is 0 Å². The van der Waals surface area contributed by atoms with Crippen molar-refractivity contribution >= 4 is 29.1 Å². The van der Waals surface area contributed by atoms with Crippen molar-refractivity contribution in [2.75, 3.05) is 9.80 Å². The lowest BCUT2D eigenvalue weighted by molar-refractivity contribution is 0.414. The number of allylic oxidation sites excluding steroid dienone is 9. The van der Waals surface area contributed by atoms with E-state index in [0.29, 0.717) is 5.92 Å². The molecule has 9 rings (SSSR count). The van der Waals surface area contributed by atoms with Gasteiger partial charge in [-0.3, -0.25) is 0 Å². The summed E-state index contributed by atoms with van der Waals surface area (Å²) < 4.78 is 0. The minimum absolute atomic E-state index is 0.0408. The van der Waals surface area contributed by atoms with Gasteiger partial charge in [0.15, 0.2) is 0 Å². The van der Waals surface area contributed by atoms with Gasteiger partial charge in [0.25, 0.3) is 0 Å². The average Bonchev–Trinajstić information content (AvgIpc) is 3.55. The van der Waals surface area contributed by atoms with Gasteiger partial charge in [-0.2, -0.15) is 0 Å². The molecule has 0 fully saturated rings. The van der Waals surface area contributed by atoms with Gasteiger partial charge in [0.05, 0.1) is 0 Å². The minimum atomic E-state index is -0.105. The summed E-state index contributed by atoms with van der Waals surface area (Å²) in [7, 11) is 0. The maximum Gasteiger partial charge on any atom is 0.0445 e. The third-order valence-corrected chi connectivity index (χ3v) is 14.9. The predicted molar refractivity (Wildman–Crippen MR) is 255 cm³/mol. The molecule has 5 aliphatic rings. The van der Waals surface area contributed by atoms with Gasteiger partial charge in [0.1, 0.15) is 0 Å². The first-order valence-electron chi connectivity index (χ1n) is 22.3. The maximum atomic E-state index is 3.91. The lowest BCUT2D eigenvalue weighted by Crippen LogP contribution is -2.48. The molecule has 0 saturated carbocycles. The zero-order chi connectivity index (χ0) is 41.6. The van der Waals surface area contributed by atoms with E-state index < -0.39 is 0 Å². The second kappa shape index (κ2) is 14.0. The van der Waals surface area contributed by atoms with Crippen LogP contribution in [0.15, 0.2) is 132 Å². The quantitative estimate of drug-likeness (QED) is 0.136. The number of anilines is 2. The van der Waals surface area contributed by atoms with Crippen molar-refractivity contribution in [3.8, 4) is 11.1 Å². The van der Waals surface area contributed by atoms with Crippen LogP contribution in [0.4, 0.5) is 11.4 Å². The van der Waals surface area contributed by atoms with Crippen LogP contribution in [0.25, 0.3) is 28.9 Å². The lowest BCUT2D eigenvalue weighted by Gasteiger charge is -2.49. The molecule has 3 aliphatic carbocycles. The van der Waals surface area contributed by atoms with Gasteiger partial charge in [0.2, 0.25) is 0 Å². The van der Waals surface area contributed by atoms with Crippen LogP contribution < -0.4 is 9.80 Å². The molecule has 0 radical (unpaired) electrons. The maximum absolute atomic E-state index is 3.91. The monoisotopic (exact) mass is 777 g/mol. The summed E-state index contributed by atoms with van der Waals surface area (Å²) in [5.41, 5.74) is 22.4. The first-order chi connectivity index (χ1) is 28.0. The van der Waals surface area contributed by atoms with E-state index in [0.717, 1.165) is 32.1 Å². The molecule has 2 heteroatoms. The summed E-state index contributed by atoms with van der Waals surface area (Å²) in [5, 5.41) is 0. The fourth-order valence-corrected chi connectivity index (χ4v) is 11.5. The van der Waals surface area contributed by atoms with Crippen LogP contribution in [0, 0.1) is 5.92 Å². The van der Waals surface area contributed by atoms with Crippen molar-refractivity contribution in [1.82, 2.24) is 0 Å². The Morgan fingerprint density at radius 3 is 2.00 bits per heavy atom. The van der Waals surface area contributed by atoms with Gasteiger partial charge in [-0.25, -0.2) is 0 Å². The molecule has 2 aliphatic heterocycles. The van der Waals surface area contributed by atoms with Gasteiger partial charge in [-0.1, -0.05) is 126 Å². The van der Waals surface area contributed by atoms with Gasteiger partial charge in [0, 0.05) is 50.6 Å². The van der Waals surface area contributed by atoms with Crippen LogP contribution >= 0.6 is 0 Å². The Balaban J connectivity index is 0.989. The van der Waals surface area contributed by atoms with E-state index in [1.807, 2.05) is 6.08 Å². The highest BCUT2D eigenvalue weighted by atomic mass is 15.2. The van der Waals surface area contributed by atoms with Gasteiger partial charge in [-0.15, -0.1) is 6.58 Å². The predicted octanol–water partition coefficient (Wildman–Crippen LogP) is 15.1. The topological polar surface area (TPSA) is 6.48 Å². The first kappa shape index (κ1) is 39.4. The SMILES string of the molecule is C=CCC=CC1=C(C)N(c2ccc3c(c2)C(C)(C)c2cc(C=Cc4ccc5c(c4)C(C)(C)C4=C5CC(C)C(N5c6ccccc6CCC5(C)C)=C4)ccc2-3)C(C)(C)CC1. The third-order valence-electron chi connectivity index (χ3n) is 14.9. The Hall–Kier alpha value is -5.08. The molecule has 0 spiro atoms. The fraction of sp³-hybridized carbons (Fsp3) is 0.368. The van der Waals surface area contributed by atoms with Crippen molar-refractivity contribution in [3.63, 3.8) is 0 Å². The molecule has 4 aromatic rings. The number of rotatable bonds is 7. The number of fused-ring (bicyclic) bond motifs is 6. The van der Waals surface area contributed by atoms with E-state index in [-0.39, 0.29) is 21.9 Å². The standard InChI is InChI=1S/C57H64N2/c1-12-13-14-17-41-28-30-54(4,5)58(38(41)3)43-24-27-45-44-25-22-39(33-48(44)56(8,9)50(45)35-43)20-21-40-23-26-46-47-32-37(2)53(36-51(47)57(10,11)49(46)34-40)59-52-19-16-15-18-42(52)29-31-55(59,6)7/h12,14-27,33-37H,1,13,28-32H2,2-11H3. The number of benzene rings is 4. The summed E-state index contributed by atoms with van der Waals surface area (Å²) in [5.74, 6) is 0.447. The molecule has 1 unspecified atom stereocenters. The molecule has 0 N–H and O–H groups in total. The van der Waals surface area contributed by atoms with Crippen LogP contribution in [-0.4, -0.2) is 11.1 Å². The Kier molecular flexibility index (Phi) is 9.35. The van der Waals surface area contributed by atoms with Gasteiger partial charge < -0.3 is 9.80 Å². The minimum Gasteiger partial charge on any atom is -0.340 e. The number of para-hydroxylation sites is 1. The summed E-state index contributed by atoms with van der Waals surface area (Å²) >= 11 is 0. The zero-order valence-corrected chi connectivity index (χ0v) is 37.4. The van der Waals surface area contributed by atoms with E-state index in [2.05, 4.69) is 195 Å². The molecular weight excluding hydrogens is 713 g/mol. The molecule has 2 heterocycles. The molecule has 302 valence electrons. The Labute approximate surface area is 355 Å². The first-order valence-corrected chi connectivity index (χ1v) is 22.3. The highest BCUT2D eigenvalue weighted by Gasteiger charge is 2.44. The molecule has 2 nitrogen and oxygen atoms in total. The third kappa shape index (κ3) is 6.36. The van der Waals surface area contributed by atoms with E-state index in [1.165, 1.54) is 90.4 Å². The van der Waals surface area contributed by atoms with Crippen molar-refractivity contribution in [3.05, 3.63) is 171 Å². The average molecular weight is 777 g/mol. The molecule has 0 bridgehead atoms. The van der Waals surface area contributed by atoms with E-state index >= 15 is 0 Å². The summed E-state index contributed by atoms with van der Waals surface area (Å²) in [6.45, 7) is 28.0. The highest BCUT2D eigenvalue weighted by molar-refractivity contribution is 5.87. The molecular formula is C57H64N2. The normalized spacial score (nSPS) is 22.0. The molecule has 59 heavy (non-hydrogen) atoms. The zero-order valence-electron chi connectivity index (χ0n) is 37.4. The Bertz CT molecular complexity index is 2560. The van der Waals surface area contributed by atoms with E-state index in [4.69, 9.17) is 0 Å². The number of hydrogen-bond donors (Lipinski definition) is 0. The molecule has 0 amide bonds. The second-order valence-electron chi connectivity index (χ2n) is 20.5. The molecule has 1 atom stereocenters. The molecule has 0 aromatic heterocycles. The second-order valence-corrected chi connectivity index (χ2v) is 20.5. The Morgan fingerprint density at radius 2 is 1.29 bits per heavy atom. The summed E-state index contributed by atoms with van der Waals surface area (Å²) in [6.07, 6.45) is 20.3. The van der Waals surface area contributed by atoms with Crippen molar-refractivity contribution < 1.29 is 0 Å². The van der Waals surface area contributed by atoms with Crippen molar-refractivity contribution in [1.29, 1.82) is 0 Å². The number of hydrogen-bond acceptors (Lipinski definition) is 2. The van der Waals surface area contributed by atoms with Crippen molar-refractivity contribution in [2.45, 2.75) is 130 Å². The van der Waals surface area contributed by atoms with E-state index in [1.54, 1.807) is 5.57 Å². The van der Waals surface area contributed by atoms with Crippen molar-refractivity contribution in [2.24, 2.45) is 5.92 Å². The molecule has 4 aromatic carbocycles. The van der Waals surface area contributed by atoms with Gasteiger partial charge >= 0.3 is 0 Å². The van der Waals surface area contributed by atoms with Crippen LogP contribution in [-0.2, 0) is 17.3 Å². The van der Waals surface area contributed by atoms with Crippen LogP contribution in [0.3, 0.4) is 0 Å². The summed E-state index contributed by atoms with van der Waals surface area (Å²) in [6, 6.07) is 30.6. The largest absolute Gasteiger partial charge is 0.340 e. The highest BCUT2D eigenvalue weighted by Crippen LogP contribution is 2.55. The summed E-state index contributed by atoms with van der Waals surface area (Å²) in [4.78, 5) is 5.28.